The van der Waals surface area contributed by atoms with Crippen molar-refractivity contribution in [1.82, 2.24) is 15.1 Å². The Morgan fingerprint density at radius 3 is 2.69 bits per heavy atom. The fourth-order valence-corrected chi connectivity index (χ4v) is 3.95. The van der Waals surface area contributed by atoms with Gasteiger partial charge in [0.05, 0.1) is 14.2 Å². The molecule has 1 fully saturated rings. The molecular formula is C23H40N4O2. The molecule has 164 valence electrons. The second-order valence-electron chi connectivity index (χ2n) is 7.92. The van der Waals surface area contributed by atoms with Gasteiger partial charge in [-0.25, -0.2) is 0 Å². The van der Waals surface area contributed by atoms with Crippen molar-refractivity contribution in [3.8, 4) is 11.5 Å². The number of rotatable bonds is 10. The van der Waals surface area contributed by atoms with Crippen molar-refractivity contribution in [1.29, 1.82) is 0 Å². The van der Waals surface area contributed by atoms with Gasteiger partial charge in [0.1, 0.15) is 0 Å². The molecule has 29 heavy (non-hydrogen) atoms. The molecule has 1 atom stereocenters. The first-order valence-corrected chi connectivity index (χ1v) is 11.0. The van der Waals surface area contributed by atoms with Crippen molar-refractivity contribution in [2.75, 3.05) is 54.5 Å². The molecule has 0 bridgehead atoms. The molecule has 1 aliphatic rings. The highest BCUT2D eigenvalue weighted by Gasteiger charge is 2.17. The van der Waals surface area contributed by atoms with Crippen LogP contribution in [0.4, 0.5) is 0 Å². The third-order valence-electron chi connectivity index (χ3n) is 5.85. The molecule has 0 aliphatic carbocycles. The van der Waals surface area contributed by atoms with Crippen molar-refractivity contribution < 1.29 is 9.47 Å². The van der Waals surface area contributed by atoms with Crippen LogP contribution in [0.1, 0.15) is 44.6 Å². The van der Waals surface area contributed by atoms with E-state index in [4.69, 9.17) is 9.47 Å². The normalized spacial score (nSPS) is 17.8. The molecule has 0 saturated carbocycles. The summed E-state index contributed by atoms with van der Waals surface area (Å²) in [6.45, 7) is 6.72. The SMILES string of the molecule is CN=C(NCCCCN1CCCCC1C)N(C)CCc1ccc(OC)c(OC)c1. The number of unbranched alkanes of at least 4 members (excludes halogenated alkanes) is 1. The number of ether oxygens (including phenoxy) is 2. The Morgan fingerprint density at radius 1 is 1.21 bits per heavy atom. The molecule has 0 spiro atoms. The van der Waals surface area contributed by atoms with Crippen molar-refractivity contribution >= 4 is 5.96 Å². The van der Waals surface area contributed by atoms with E-state index < -0.39 is 0 Å². The lowest BCUT2D eigenvalue weighted by Gasteiger charge is -2.33. The molecule has 6 nitrogen and oxygen atoms in total. The summed E-state index contributed by atoms with van der Waals surface area (Å²) in [5, 5.41) is 3.51. The van der Waals surface area contributed by atoms with Gasteiger partial charge in [-0.3, -0.25) is 4.99 Å². The molecular weight excluding hydrogens is 364 g/mol. The molecule has 6 heteroatoms. The summed E-state index contributed by atoms with van der Waals surface area (Å²) >= 11 is 0. The first kappa shape index (κ1) is 23.3. The van der Waals surface area contributed by atoms with Gasteiger partial charge in [-0.1, -0.05) is 12.5 Å². The lowest BCUT2D eigenvalue weighted by Crippen LogP contribution is -2.41. The maximum absolute atomic E-state index is 5.40. The Kier molecular flexibility index (Phi) is 10.1. The number of benzene rings is 1. The molecule has 1 aromatic carbocycles. The predicted octanol–water partition coefficient (Wildman–Crippen LogP) is 3.41. The van der Waals surface area contributed by atoms with Gasteiger partial charge in [0.2, 0.25) is 0 Å². The van der Waals surface area contributed by atoms with Crippen molar-refractivity contribution in [3.05, 3.63) is 23.8 Å². The maximum atomic E-state index is 5.40. The minimum absolute atomic E-state index is 0.757. The number of likely N-dealkylation sites (tertiary alicyclic amines) is 1. The van der Waals surface area contributed by atoms with E-state index in [1.165, 1.54) is 50.8 Å². The van der Waals surface area contributed by atoms with Crippen LogP contribution in [0.3, 0.4) is 0 Å². The van der Waals surface area contributed by atoms with Gasteiger partial charge in [0.15, 0.2) is 17.5 Å². The molecule has 1 unspecified atom stereocenters. The zero-order valence-electron chi connectivity index (χ0n) is 19.0. The largest absolute Gasteiger partial charge is 0.493 e. The Balaban J connectivity index is 1.69. The van der Waals surface area contributed by atoms with E-state index in [1.54, 1.807) is 14.2 Å². The number of hydrogen-bond donors (Lipinski definition) is 1. The van der Waals surface area contributed by atoms with Crippen LogP contribution in [0, 0.1) is 0 Å². The minimum atomic E-state index is 0.757. The number of guanidine groups is 1. The first-order valence-electron chi connectivity index (χ1n) is 11.0. The Hall–Kier alpha value is -1.95. The van der Waals surface area contributed by atoms with Gasteiger partial charge in [-0.15, -0.1) is 0 Å². The number of likely N-dealkylation sites (N-methyl/N-ethyl adjacent to an activating group) is 1. The summed E-state index contributed by atoms with van der Waals surface area (Å²) < 4.78 is 10.7. The van der Waals surface area contributed by atoms with Crippen LogP contribution < -0.4 is 14.8 Å². The predicted molar refractivity (Wildman–Crippen MR) is 121 cm³/mol. The van der Waals surface area contributed by atoms with E-state index in [2.05, 4.69) is 40.1 Å². The standard InChI is InChI=1S/C23H40N4O2/c1-19-10-6-8-15-27(19)16-9-7-14-25-23(24-2)26(3)17-13-20-11-12-21(28-4)22(18-20)29-5/h11-12,18-19H,6-10,13-17H2,1-5H3,(H,24,25). The minimum Gasteiger partial charge on any atom is -0.493 e. The number of hydrogen-bond acceptors (Lipinski definition) is 4. The van der Waals surface area contributed by atoms with Crippen LogP contribution in [0.25, 0.3) is 0 Å². The number of nitrogens with one attached hydrogen (secondary N) is 1. The highest BCUT2D eigenvalue weighted by Crippen LogP contribution is 2.27. The fraction of sp³-hybridized carbons (Fsp3) is 0.696. The Morgan fingerprint density at radius 2 is 2.00 bits per heavy atom. The van der Waals surface area contributed by atoms with Gasteiger partial charge in [-0.2, -0.15) is 0 Å². The first-order chi connectivity index (χ1) is 14.1. The summed E-state index contributed by atoms with van der Waals surface area (Å²) in [5.41, 5.74) is 1.22. The van der Waals surface area contributed by atoms with E-state index in [-0.39, 0.29) is 0 Å². The van der Waals surface area contributed by atoms with Crippen molar-refractivity contribution in [3.63, 3.8) is 0 Å². The van der Waals surface area contributed by atoms with E-state index in [0.717, 1.165) is 43.0 Å². The van der Waals surface area contributed by atoms with E-state index in [9.17, 15) is 0 Å². The number of nitrogens with zero attached hydrogens (tertiary/aromatic N) is 3. The van der Waals surface area contributed by atoms with E-state index in [0.29, 0.717) is 0 Å². The van der Waals surface area contributed by atoms with Crippen LogP contribution in [0.5, 0.6) is 11.5 Å². The molecule has 0 amide bonds. The molecule has 0 radical (unpaired) electrons. The highest BCUT2D eigenvalue weighted by atomic mass is 16.5. The molecule has 1 aliphatic heterocycles. The summed E-state index contributed by atoms with van der Waals surface area (Å²) in [5.74, 6) is 2.50. The van der Waals surface area contributed by atoms with Crippen molar-refractivity contribution in [2.45, 2.75) is 51.5 Å². The van der Waals surface area contributed by atoms with Gasteiger partial charge in [-0.05, 0) is 69.8 Å². The average Bonchev–Trinajstić information content (AvgIpc) is 2.75. The average molecular weight is 405 g/mol. The monoisotopic (exact) mass is 404 g/mol. The van der Waals surface area contributed by atoms with Crippen LogP contribution in [0.2, 0.25) is 0 Å². The smallest absolute Gasteiger partial charge is 0.193 e. The van der Waals surface area contributed by atoms with Crippen LogP contribution in [0.15, 0.2) is 23.2 Å². The maximum Gasteiger partial charge on any atom is 0.193 e. The topological polar surface area (TPSA) is 49.3 Å². The molecule has 1 heterocycles. The summed E-state index contributed by atoms with van der Waals surface area (Å²) in [7, 11) is 7.27. The number of aliphatic imine (C=N–C) groups is 1. The Labute approximate surface area is 177 Å². The lowest BCUT2D eigenvalue weighted by atomic mass is 10.0. The molecule has 0 aromatic heterocycles. The lowest BCUT2D eigenvalue weighted by molar-refractivity contribution is 0.158. The third kappa shape index (κ3) is 7.42. The van der Waals surface area contributed by atoms with Gasteiger partial charge >= 0.3 is 0 Å². The quantitative estimate of drug-likeness (QED) is 0.368. The van der Waals surface area contributed by atoms with Gasteiger partial charge < -0.3 is 24.6 Å². The molecule has 1 N–H and O–H groups in total. The Bertz CT molecular complexity index is 635. The van der Waals surface area contributed by atoms with E-state index >= 15 is 0 Å². The van der Waals surface area contributed by atoms with Crippen LogP contribution >= 0.6 is 0 Å². The van der Waals surface area contributed by atoms with Gasteiger partial charge in [0, 0.05) is 33.2 Å². The third-order valence-corrected chi connectivity index (χ3v) is 5.85. The van der Waals surface area contributed by atoms with Crippen LogP contribution in [-0.2, 0) is 6.42 Å². The molecule has 1 aromatic rings. The van der Waals surface area contributed by atoms with Crippen molar-refractivity contribution in [2.24, 2.45) is 4.99 Å². The van der Waals surface area contributed by atoms with Gasteiger partial charge in [0.25, 0.3) is 0 Å². The second kappa shape index (κ2) is 12.6. The second-order valence-corrected chi connectivity index (χ2v) is 7.92. The molecule has 1 saturated heterocycles. The summed E-state index contributed by atoms with van der Waals surface area (Å²) in [6.07, 6.45) is 7.45. The zero-order valence-corrected chi connectivity index (χ0v) is 19.0. The number of piperidine rings is 1. The van der Waals surface area contributed by atoms with Crippen LogP contribution in [-0.4, -0.2) is 76.3 Å². The summed E-state index contributed by atoms with van der Waals surface area (Å²) in [6, 6.07) is 6.86. The fourth-order valence-electron chi connectivity index (χ4n) is 3.95. The zero-order chi connectivity index (χ0) is 21.1. The molecule has 2 rings (SSSR count). The number of methoxy groups -OCH3 is 2. The highest BCUT2D eigenvalue weighted by molar-refractivity contribution is 5.79. The summed E-state index contributed by atoms with van der Waals surface area (Å²) in [4.78, 5) is 9.27. The van der Waals surface area contributed by atoms with E-state index in [1.807, 2.05) is 19.2 Å².